The summed E-state index contributed by atoms with van der Waals surface area (Å²) in [5.41, 5.74) is 3.12. The van der Waals surface area contributed by atoms with Crippen molar-refractivity contribution < 1.29 is 9.59 Å². The fraction of sp³-hybridized carbons (Fsp3) is 0.538. The van der Waals surface area contributed by atoms with Crippen molar-refractivity contribution in [2.75, 3.05) is 44.2 Å². The van der Waals surface area contributed by atoms with Gasteiger partial charge in [-0.1, -0.05) is 57.0 Å². The summed E-state index contributed by atoms with van der Waals surface area (Å²) in [6.45, 7) is 11.7. The summed E-state index contributed by atoms with van der Waals surface area (Å²) in [7, 11) is 0. The van der Waals surface area contributed by atoms with Crippen LogP contribution in [0.15, 0.2) is 36.4 Å². The molecule has 3 rings (SSSR count). The lowest BCUT2D eigenvalue weighted by atomic mass is 10.1. The Balaban J connectivity index is 1.54. The summed E-state index contributed by atoms with van der Waals surface area (Å²) in [6.07, 6.45) is 2.41. The van der Waals surface area contributed by atoms with Gasteiger partial charge in [0.1, 0.15) is 0 Å². The van der Waals surface area contributed by atoms with Gasteiger partial charge in [0.2, 0.25) is 11.8 Å². The first kappa shape index (κ1) is 24.7. The average Bonchev–Trinajstić information content (AvgIpc) is 2.82. The third-order valence-corrected chi connectivity index (χ3v) is 6.00. The molecular formula is C26H37N5O2. The number of rotatable bonds is 9. The molecule has 2 amide bonds. The van der Waals surface area contributed by atoms with E-state index in [1.807, 2.05) is 30.9 Å². The number of hydrogen-bond donors (Lipinski definition) is 0. The SMILES string of the molecule is CCCCN(CC(=O)N1CCN(c2ccc(-c3ccc(C)cc3)nn2)CC1)C(=O)CC(C)C. The van der Waals surface area contributed by atoms with Crippen molar-refractivity contribution in [1.29, 1.82) is 0 Å². The van der Waals surface area contributed by atoms with Crippen LogP contribution in [0, 0.1) is 12.8 Å². The van der Waals surface area contributed by atoms with E-state index >= 15 is 0 Å². The number of carbonyl (C=O) groups is 2. The van der Waals surface area contributed by atoms with Gasteiger partial charge >= 0.3 is 0 Å². The zero-order valence-electron chi connectivity index (χ0n) is 20.5. The van der Waals surface area contributed by atoms with Gasteiger partial charge in [-0.3, -0.25) is 9.59 Å². The Morgan fingerprint density at radius 2 is 1.70 bits per heavy atom. The van der Waals surface area contributed by atoms with E-state index in [0.29, 0.717) is 45.1 Å². The molecule has 0 aliphatic carbocycles. The number of nitrogens with zero attached hydrogens (tertiary/aromatic N) is 5. The maximum atomic E-state index is 12.9. The standard InChI is InChI=1S/C26H37N5O2/c1-5-6-13-31(25(32)18-20(2)3)19-26(33)30-16-14-29(15-17-30)24-12-11-23(27-28-24)22-9-7-21(4)8-10-22/h7-12,20H,5-6,13-19H2,1-4H3. The molecule has 1 saturated heterocycles. The number of benzene rings is 1. The van der Waals surface area contributed by atoms with Gasteiger partial charge in [0, 0.05) is 44.7 Å². The number of aryl methyl sites for hydroxylation is 1. The van der Waals surface area contributed by atoms with Crippen LogP contribution in [0.2, 0.25) is 0 Å². The summed E-state index contributed by atoms with van der Waals surface area (Å²) in [5.74, 6) is 1.23. The Morgan fingerprint density at radius 1 is 1.00 bits per heavy atom. The molecule has 1 aromatic carbocycles. The molecule has 1 aliphatic rings. The van der Waals surface area contributed by atoms with Gasteiger partial charge in [0.25, 0.3) is 0 Å². The van der Waals surface area contributed by atoms with Crippen molar-refractivity contribution in [2.24, 2.45) is 5.92 Å². The van der Waals surface area contributed by atoms with Gasteiger partial charge in [-0.2, -0.15) is 0 Å². The normalized spacial score (nSPS) is 14.0. The Hall–Kier alpha value is -2.96. The summed E-state index contributed by atoms with van der Waals surface area (Å²) >= 11 is 0. The van der Waals surface area contributed by atoms with Crippen molar-refractivity contribution in [3.05, 3.63) is 42.0 Å². The summed E-state index contributed by atoms with van der Waals surface area (Å²) in [4.78, 5) is 31.3. The van der Waals surface area contributed by atoms with Crippen molar-refractivity contribution >= 4 is 17.6 Å². The second kappa shape index (κ2) is 11.8. The third-order valence-electron chi connectivity index (χ3n) is 6.00. The van der Waals surface area contributed by atoms with E-state index in [1.165, 1.54) is 5.56 Å². The van der Waals surface area contributed by atoms with E-state index < -0.39 is 0 Å². The molecule has 0 saturated carbocycles. The highest BCUT2D eigenvalue weighted by Crippen LogP contribution is 2.20. The van der Waals surface area contributed by atoms with Crippen LogP contribution in [0.25, 0.3) is 11.3 Å². The van der Waals surface area contributed by atoms with Gasteiger partial charge < -0.3 is 14.7 Å². The van der Waals surface area contributed by atoms with Crippen LogP contribution in [0.4, 0.5) is 5.82 Å². The van der Waals surface area contributed by atoms with Crippen LogP contribution < -0.4 is 4.90 Å². The predicted molar refractivity (Wildman–Crippen MR) is 132 cm³/mol. The number of piperazine rings is 1. The maximum Gasteiger partial charge on any atom is 0.242 e. The molecule has 0 unspecified atom stereocenters. The summed E-state index contributed by atoms with van der Waals surface area (Å²) in [5, 5.41) is 8.83. The van der Waals surface area contributed by atoms with E-state index in [1.54, 1.807) is 4.90 Å². The first-order valence-corrected chi connectivity index (χ1v) is 12.1. The topological polar surface area (TPSA) is 69.6 Å². The van der Waals surface area contributed by atoms with Gasteiger partial charge in [0.05, 0.1) is 12.2 Å². The van der Waals surface area contributed by atoms with Crippen molar-refractivity contribution in [3.8, 4) is 11.3 Å². The zero-order chi connectivity index (χ0) is 23.8. The average molecular weight is 452 g/mol. The molecule has 0 bridgehead atoms. The monoisotopic (exact) mass is 451 g/mol. The molecule has 1 aliphatic heterocycles. The molecule has 178 valence electrons. The second-order valence-electron chi connectivity index (χ2n) is 9.28. The first-order valence-electron chi connectivity index (χ1n) is 12.1. The molecule has 7 nitrogen and oxygen atoms in total. The number of anilines is 1. The van der Waals surface area contributed by atoms with Gasteiger partial charge in [-0.25, -0.2) is 0 Å². The van der Waals surface area contributed by atoms with E-state index in [-0.39, 0.29) is 18.4 Å². The largest absolute Gasteiger partial charge is 0.352 e. The Bertz CT molecular complexity index is 903. The summed E-state index contributed by atoms with van der Waals surface area (Å²) in [6, 6.07) is 12.2. The quantitative estimate of drug-likeness (QED) is 0.580. The molecular weight excluding hydrogens is 414 g/mol. The Morgan fingerprint density at radius 3 is 2.27 bits per heavy atom. The third kappa shape index (κ3) is 7.01. The number of unbranched alkanes of at least 4 members (excludes halogenated alkanes) is 1. The Kier molecular flexibility index (Phi) is 8.80. The van der Waals surface area contributed by atoms with E-state index in [2.05, 4.69) is 53.2 Å². The van der Waals surface area contributed by atoms with Gasteiger partial charge in [-0.15, -0.1) is 10.2 Å². The van der Waals surface area contributed by atoms with Crippen LogP contribution in [0.3, 0.4) is 0 Å². The van der Waals surface area contributed by atoms with Crippen LogP contribution in [0.1, 0.15) is 45.6 Å². The molecule has 1 aromatic heterocycles. The van der Waals surface area contributed by atoms with E-state index in [4.69, 9.17) is 0 Å². The molecule has 0 atom stereocenters. The fourth-order valence-corrected chi connectivity index (χ4v) is 3.94. The Labute approximate surface area is 197 Å². The predicted octanol–water partition coefficient (Wildman–Crippen LogP) is 3.78. The van der Waals surface area contributed by atoms with Crippen molar-refractivity contribution in [1.82, 2.24) is 20.0 Å². The van der Waals surface area contributed by atoms with Crippen LogP contribution >= 0.6 is 0 Å². The van der Waals surface area contributed by atoms with Crippen molar-refractivity contribution in [3.63, 3.8) is 0 Å². The van der Waals surface area contributed by atoms with Crippen molar-refractivity contribution in [2.45, 2.75) is 47.0 Å². The van der Waals surface area contributed by atoms with Crippen LogP contribution in [-0.2, 0) is 9.59 Å². The smallest absolute Gasteiger partial charge is 0.242 e. The van der Waals surface area contributed by atoms with Gasteiger partial charge in [0.15, 0.2) is 5.82 Å². The van der Waals surface area contributed by atoms with E-state index in [0.717, 1.165) is 29.9 Å². The maximum absolute atomic E-state index is 12.9. The van der Waals surface area contributed by atoms with Gasteiger partial charge in [-0.05, 0) is 31.4 Å². The highest BCUT2D eigenvalue weighted by atomic mass is 16.2. The highest BCUT2D eigenvalue weighted by Gasteiger charge is 2.25. The van der Waals surface area contributed by atoms with Crippen LogP contribution in [0.5, 0.6) is 0 Å². The highest BCUT2D eigenvalue weighted by molar-refractivity contribution is 5.85. The fourth-order valence-electron chi connectivity index (χ4n) is 3.94. The molecule has 7 heteroatoms. The van der Waals surface area contributed by atoms with Crippen LogP contribution in [-0.4, -0.2) is 71.1 Å². The lowest BCUT2D eigenvalue weighted by molar-refractivity contribution is -0.141. The minimum absolute atomic E-state index is 0.0312. The first-order chi connectivity index (χ1) is 15.9. The lowest BCUT2D eigenvalue weighted by Crippen LogP contribution is -2.52. The molecule has 33 heavy (non-hydrogen) atoms. The number of amides is 2. The summed E-state index contributed by atoms with van der Waals surface area (Å²) < 4.78 is 0. The lowest BCUT2D eigenvalue weighted by Gasteiger charge is -2.36. The molecule has 2 aromatic rings. The second-order valence-corrected chi connectivity index (χ2v) is 9.28. The molecule has 0 spiro atoms. The molecule has 1 fully saturated rings. The molecule has 0 radical (unpaired) electrons. The zero-order valence-corrected chi connectivity index (χ0v) is 20.5. The molecule has 2 heterocycles. The number of aromatic nitrogens is 2. The minimum Gasteiger partial charge on any atom is -0.352 e. The minimum atomic E-state index is 0.0312. The van der Waals surface area contributed by atoms with E-state index in [9.17, 15) is 9.59 Å². The number of hydrogen-bond acceptors (Lipinski definition) is 5. The number of carbonyl (C=O) groups excluding carboxylic acids is 2. The molecule has 0 N–H and O–H groups in total.